The first-order valence-electron chi connectivity index (χ1n) is 7.26. The Bertz CT molecular complexity index is 476. The minimum absolute atomic E-state index is 0.00658. The summed E-state index contributed by atoms with van der Waals surface area (Å²) < 4.78 is 5.99. The number of benzene rings is 1. The summed E-state index contributed by atoms with van der Waals surface area (Å²) in [5.74, 6) is 1.31. The van der Waals surface area contributed by atoms with Gasteiger partial charge in [0.1, 0.15) is 5.75 Å². The molecule has 0 spiro atoms. The van der Waals surface area contributed by atoms with Gasteiger partial charge in [0, 0.05) is 11.6 Å². The Kier molecular flexibility index (Phi) is 5.46. The Balaban J connectivity index is 2.05. The van der Waals surface area contributed by atoms with E-state index >= 15 is 0 Å². The third-order valence-corrected chi connectivity index (χ3v) is 4.71. The fourth-order valence-corrected chi connectivity index (χ4v) is 3.31. The van der Waals surface area contributed by atoms with E-state index in [4.69, 9.17) is 4.74 Å². The van der Waals surface area contributed by atoms with E-state index < -0.39 is 0 Å². The molecule has 0 radical (unpaired) electrons. The van der Waals surface area contributed by atoms with Crippen molar-refractivity contribution in [2.24, 2.45) is 5.92 Å². The van der Waals surface area contributed by atoms with Gasteiger partial charge in [0.2, 0.25) is 0 Å². The normalized spacial score (nSPS) is 22.9. The number of hydrogen-bond donors (Lipinski definition) is 1. The van der Waals surface area contributed by atoms with Crippen LogP contribution in [0.25, 0.3) is 0 Å². The largest absolute Gasteiger partial charge is 0.496 e. The van der Waals surface area contributed by atoms with Crippen LogP contribution in [0, 0.1) is 5.92 Å². The summed E-state index contributed by atoms with van der Waals surface area (Å²) in [6, 6.07) is 5.73. The van der Waals surface area contributed by atoms with Crippen molar-refractivity contribution in [2.75, 3.05) is 7.11 Å². The number of halogens is 1. The van der Waals surface area contributed by atoms with Crippen molar-refractivity contribution in [3.63, 3.8) is 0 Å². The zero-order chi connectivity index (χ0) is 14.5. The van der Waals surface area contributed by atoms with Crippen LogP contribution in [0.15, 0.2) is 22.7 Å². The molecule has 1 N–H and O–H groups in total. The quantitative estimate of drug-likeness (QED) is 0.839. The first kappa shape index (κ1) is 15.4. The summed E-state index contributed by atoms with van der Waals surface area (Å²) >= 11 is 3.42. The first-order valence-corrected chi connectivity index (χ1v) is 8.05. The molecule has 1 aliphatic rings. The van der Waals surface area contributed by atoms with Crippen LogP contribution >= 0.6 is 15.9 Å². The van der Waals surface area contributed by atoms with E-state index in [1.807, 2.05) is 12.1 Å². The number of carbonyl (C=O) groups is 1. The molecule has 3 nitrogen and oxygen atoms in total. The molecule has 0 heterocycles. The molecule has 1 aromatic rings. The van der Waals surface area contributed by atoms with Crippen molar-refractivity contribution < 1.29 is 9.53 Å². The number of ether oxygens (including phenoxy) is 1. The lowest BCUT2D eigenvalue weighted by atomic mass is 9.96. The van der Waals surface area contributed by atoms with E-state index in [1.165, 1.54) is 25.7 Å². The van der Waals surface area contributed by atoms with Gasteiger partial charge in [0.15, 0.2) is 0 Å². The Hall–Kier alpha value is -1.03. The van der Waals surface area contributed by atoms with Crippen molar-refractivity contribution in [3.05, 3.63) is 28.2 Å². The van der Waals surface area contributed by atoms with Gasteiger partial charge < -0.3 is 10.1 Å². The maximum Gasteiger partial charge on any atom is 0.251 e. The van der Waals surface area contributed by atoms with E-state index in [-0.39, 0.29) is 5.91 Å². The first-order chi connectivity index (χ1) is 9.61. The Morgan fingerprint density at radius 2 is 2.05 bits per heavy atom. The van der Waals surface area contributed by atoms with Gasteiger partial charge in [-0.2, -0.15) is 0 Å². The molecule has 0 aliphatic heterocycles. The highest BCUT2D eigenvalue weighted by atomic mass is 79.9. The summed E-state index contributed by atoms with van der Waals surface area (Å²) in [4.78, 5) is 12.3. The smallest absolute Gasteiger partial charge is 0.251 e. The number of rotatable bonds is 3. The average molecular weight is 340 g/mol. The van der Waals surface area contributed by atoms with Gasteiger partial charge in [0.05, 0.1) is 11.6 Å². The lowest BCUT2D eigenvalue weighted by Gasteiger charge is -2.23. The molecule has 0 saturated heterocycles. The fourth-order valence-electron chi connectivity index (χ4n) is 2.77. The zero-order valence-corrected chi connectivity index (χ0v) is 13.7. The Morgan fingerprint density at radius 3 is 2.75 bits per heavy atom. The predicted octanol–water partition coefficient (Wildman–Crippen LogP) is 4.16. The van der Waals surface area contributed by atoms with Crippen LogP contribution in [0.1, 0.15) is 49.4 Å². The molecule has 4 heteroatoms. The standard InChI is InChI=1S/C16H22BrNO2/c1-11-6-4-3-5-7-14(11)18-16(19)12-8-9-15(20-2)13(17)10-12/h8-11,14H,3-7H2,1-2H3,(H,18,19). The minimum Gasteiger partial charge on any atom is -0.496 e. The van der Waals surface area contributed by atoms with Crippen LogP contribution in [-0.4, -0.2) is 19.1 Å². The molecule has 110 valence electrons. The molecule has 20 heavy (non-hydrogen) atoms. The van der Waals surface area contributed by atoms with E-state index in [1.54, 1.807) is 13.2 Å². The van der Waals surface area contributed by atoms with Gasteiger partial charge in [-0.25, -0.2) is 0 Å². The molecule has 2 atom stereocenters. The third-order valence-electron chi connectivity index (χ3n) is 4.09. The van der Waals surface area contributed by atoms with Crippen molar-refractivity contribution in [3.8, 4) is 5.75 Å². The highest BCUT2D eigenvalue weighted by molar-refractivity contribution is 9.10. The lowest BCUT2D eigenvalue weighted by Crippen LogP contribution is -2.38. The molecule has 1 saturated carbocycles. The van der Waals surface area contributed by atoms with Crippen LogP contribution in [0.2, 0.25) is 0 Å². The van der Waals surface area contributed by atoms with Crippen molar-refractivity contribution in [1.29, 1.82) is 0 Å². The second kappa shape index (κ2) is 7.11. The molecular weight excluding hydrogens is 318 g/mol. The summed E-state index contributed by atoms with van der Waals surface area (Å²) in [6.07, 6.45) is 6.06. The van der Waals surface area contributed by atoms with Gasteiger partial charge >= 0.3 is 0 Å². The average Bonchev–Trinajstić information content (AvgIpc) is 2.64. The molecule has 1 aliphatic carbocycles. The predicted molar refractivity (Wildman–Crippen MR) is 84.2 cm³/mol. The summed E-state index contributed by atoms with van der Waals surface area (Å²) in [7, 11) is 1.62. The lowest BCUT2D eigenvalue weighted by molar-refractivity contribution is 0.0921. The second-order valence-corrected chi connectivity index (χ2v) is 6.40. The molecule has 1 aromatic carbocycles. The molecule has 0 aromatic heterocycles. The van der Waals surface area contributed by atoms with Crippen LogP contribution in [0.4, 0.5) is 0 Å². The maximum absolute atomic E-state index is 12.3. The molecule has 1 fully saturated rings. The van der Waals surface area contributed by atoms with Crippen molar-refractivity contribution in [2.45, 2.75) is 45.1 Å². The summed E-state index contributed by atoms with van der Waals surface area (Å²) in [5, 5.41) is 3.19. The van der Waals surface area contributed by atoms with E-state index in [2.05, 4.69) is 28.2 Å². The Labute approximate surface area is 129 Å². The monoisotopic (exact) mass is 339 g/mol. The maximum atomic E-state index is 12.3. The van der Waals surface area contributed by atoms with E-state index in [0.717, 1.165) is 16.6 Å². The molecule has 2 unspecified atom stereocenters. The zero-order valence-electron chi connectivity index (χ0n) is 12.1. The molecular formula is C16H22BrNO2. The number of amides is 1. The van der Waals surface area contributed by atoms with Crippen LogP contribution < -0.4 is 10.1 Å². The van der Waals surface area contributed by atoms with Gasteiger partial charge in [0.25, 0.3) is 5.91 Å². The van der Waals surface area contributed by atoms with Crippen LogP contribution in [0.5, 0.6) is 5.75 Å². The summed E-state index contributed by atoms with van der Waals surface area (Å²) in [5.41, 5.74) is 0.675. The summed E-state index contributed by atoms with van der Waals surface area (Å²) in [6.45, 7) is 2.24. The van der Waals surface area contributed by atoms with Gasteiger partial charge in [-0.05, 0) is 52.9 Å². The van der Waals surface area contributed by atoms with Gasteiger partial charge in [-0.3, -0.25) is 4.79 Å². The number of methoxy groups -OCH3 is 1. The van der Waals surface area contributed by atoms with Crippen LogP contribution in [0.3, 0.4) is 0 Å². The third kappa shape index (κ3) is 3.75. The van der Waals surface area contributed by atoms with Gasteiger partial charge in [-0.15, -0.1) is 0 Å². The number of carbonyl (C=O) groups excluding carboxylic acids is 1. The van der Waals surface area contributed by atoms with Crippen LogP contribution in [-0.2, 0) is 0 Å². The molecule has 1 amide bonds. The second-order valence-electron chi connectivity index (χ2n) is 5.54. The fraction of sp³-hybridized carbons (Fsp3) is 0.562. The highest BCUT2D eigenvalue weighted by Crippen LogP contribution is 2.26. The van der Waals surface area contributed by atoms with Crippen molar-refractivity contribution in [1.82, 2.24) is 5.32 Å². The minimum atomic E-state index is 0.00658. The van der Waals surface area contributed by atoms with Crippen molar-refractivity contribution >= 4 is 21.8 Å². The van der Waals surface area contributed by atoms with E-state index in [9.17, 15) is 4.79 Å². The van der Waals surface area contributed by atoms with Gasteiger partial charge in [-0.1, -0.05) is 26.2 Å². The Morgan fingerprint density at radius 1 is 1.30 bits per heavy atom. The topological polar surface area (TPSA) is 38.3 Å². The van der Waals surface area contributed by atoms with E-state index in [0.29, 0.717) is 17.5 Å². The number of hydrogen-bond acceptors (Lipinski definition) is 2. The highest BCUT2D eigenvalue weighted by Gasteiger charge is 2.22. The number of nitrogens with one attached hydrogen (secondary N) is 1. The molecule has 0 bridgehead atoms. The SMILES string of the molecule is COc1ccc(C(=O)NC2CCCCCC2C)cc1Br. The molecule has 2 rings (SSSR count).